The Morgan fingerprint density at radius 3 is 1.71 bits per heavy atom. The summed E-state index contributed by atoms with van der Waals surface area (Å²) < 4.78 is 4.81. The van der Waals surface area contributed by atoms with Gasteiger partial charge in [0.1, 0.15) is 0 Å². The van der Waals surface area contributed by atoms with E-state index in [1.54, 1.807) is 0 Å². The summed E-state index contributed by atoms with van der Waals surface area (Å²) >= 11 is 0. The van der Waals surface area contributed by atoms with Crippen LogP contribution in [0.2, 0.25) is 0 Å². The molecule has 0 N–H and O–H groups in total. The summed E-state index contributed by atoms with van der Waals surface area (Å²) in [5.41, 5.74) is 9.86. The average Bonchev–Trinajstić information content (AvgIpc) is 3.36. The van der Waals surface area contributed by atoms with Crippen LogP contribution in [-0.4, -0.2) is 9.13 Å². The van der Waals surface area contributed by atoms with Crippen molar-refractivity contribution in [1.29, 1.82) is 0 Å². The maximum absolute atomic E-state index is 2.40. The van der Waals surface area contributed by atoms with Crippen molar-refractivity contribution in [2.75, 3.05) is 0 Å². The highest BCUT2D eigenvalue weighted by Gasteiger charge is 2.18. The van der Waals surface area contributed by atoms with Crippen molar-refractivity contribution in [2.24, 2.45) is 0 Å². The first-order valence-corrected chi connectivity index (χ1v) is 11.8. The van der Waals surface area contributed by atoms with Gasteiger partial charge in [-0.15, -0.1) is 0 Å². The van der Waals surface area contributed by atoms with Gasteiger partial charge in [0.15, 0.2) is 0 Å². The standard InChI is InChI=1S/C32H24N2/c1-21-12-15-24(16-13-21)34-29-11-7-6-10-25(29)27-19-28-26-18-22(2)14-17-30(26)33(32(28)20-31(27)34)23-8-4-3-5-9-23/h3-20H,1-2H3. The molecule has 34 heavy (non-hydrogen) atoms. The van der Waals surface area contributed by atoms with E-state index < -0.39 is 0 Å². The molecule has 0 aliphatic carbocycles. The van der Waals surface area contributed by atoms with Crippen molar-refractivity contribution < 1.29 is 0 Å². The molecule has 2 heterocycles. The summed E-state index contributed by atoms with van der Waals surface area (Å²) in [7, 11) is 0. The summed E-state index contributed by atoms with van der Waals surface area (Å²) in [5, 5.41) is 5.17. The molecule has 2 nitrogen and oxygen atoms in total. The van der Waals surface area contributed by atoms with E-state index in [-0.39, 0.29) is 0 Å². The molecule has 0 amide bonds. The molecule has 7 rings (SSSR count). The molecular weight excluding hydrogens is 412 g/mol. The number of hydrogen-bond donors (Lipinski definition) is 0. The fraction of sp³-hybridized carbons (Fsp3) is 0.0625. The van der Waals surface area contributed by atoms with Crippen molar-refractivity contribution in [3.8, 4) is 11.4 Å². The largest absolute Gasteiger partial charge is 0.309 e. The summed E-state index contributed by atoms with van der Waals surface area (Å²) in [6.45, 7) is 4.31. The van der Waals surface area contributed by atoms with Crippen LogP contribution in [-0.2, 0) is 0 Å². The van der Waals surface area contributed by atoms with Crippen LogP contribution in [0.3, 0.4) is 0 Å². The minimum atomic E-state index is 1.18. The van der Waals surface area contributed by atoms with Gasteiger partial charge in [0.05, 0.1) is 22.1 Å². The van der Waals surface area contributed by atoms with Gasteiger partial charge in [0.25, 0.3) is 0 Å². The Morgan fingerprint density at radius 1 is 0.382 bits per heavy atom. The normalized spacial score (nSPS) is 11.8. The van der Waals surface area contributed by atoms with E-state index in [0.717, 1.165) is 0 Å². The smallest absolute Gasteiger partial charge is 0.0562 e. The second kappa shape index (κ2) is 7.10. The molecule has 0 aliphatic rings. The molecule has 0 aliphatic heterocycles. The van der Waals surface area contributed by atoms with Gasteiger partial charge in [-0.1, -0.05) is 65.7 Å². The van der Waals surface area contributed by atoms with Crippen molar-refractivity contribution in [1.82, 2.24) is 9.13 Å². The average molecular weight is 437 g/mol. The maximum atomic E-state index is 2.40. The number of rotatable bonds is 2. The van der Waals surface area contributed by atoms with Crippen molar-refractivity contribution in [3.05, 3.63) is 120 Å². The number of fused-ring (bicyclic) bond motifs is 6. The van der Waals surface area contributed by atoms with Crippen LogP contribution in [0.15, 0.2) is 109 Å². The summed E-state index contributed by atoms with van der Waals surface area (Å²) in [4.78, 5) is 0. The van der Waals surface area contributed by atoms with Gasteiger partial charge in [-0.05, 0) is 68.4 Å². The van der Waals surface area contributed by atoms with Crippen LogP contribution in [0.1, 0.15) is 11.1 Å². The van der Waals surface area contributed by atoms with E-state index in [1.165, 1.54) is 66.1 Å². The molecule has 0 unspecified atom stereocenters. The molecule has 0 spiro atoms. The topological polar surface area (TPSA) is 9.86 Å². The molecule has 162 valence electrons. The van der Waals surface area contributed by atoms with Crippen molar-refractivity contribution >= 4 is 43.6 Å². The highest BCUT2D eigenvalue weighted by Crippen LogP contribution is 2.39. The van der Waals surface area contributed by atoms with Crippen molar-refractivity contribution in [3.63, 3.8) is 0 Å². The number of benzene rings is 5. The van der Waals surface area contributed by atoms with Crippen LogP contribution >= 0.6 is 0 Å². The molecule has 0 radical (unpaired) electrons. The van der Waals surface area contributed by atoms with E-state index in [9.17, 15) is 0 Å². The molecule has 0 fully saturated rings. The van der Waals surface area contributed by atoms with Crippen LogP contribution in [0.5, 0.6) is 0 Å². The van der Waals surface area contributed by atoms with E-state index in [4.69, 9.17) is 0 Å². The zero-order valence-electron chi connectivity index (χ0n) is 19.3. The number of hydrogen-bond acceptors (Lipinski definition) is 0. The highest BCUT2D eigenvalue weighted by atomic mass is 15.0. The number of para-hydroxylation sites is 2. The first-order valence-electron chi connectivity index (χ1n) is 11.8. The SMILES string of the molecule is Cc1ccc(-n2c3ccccc3c3cc4c5cc(C)ccc5n(-c5ccccc5)c4cc32)cc1. The van der Waals surface area contributed by atoms with Gasteiger partial charge >= 0.3 is 0 Å². The lowest BCUT2D eigenvalue weighted by atomic mass is 10.1. The molecule has 0 atom stereocenters. The number of aromatic nitrogens is 2. The Morgan fingerprint density at radius 2 is 0.941 bits per heavy atom. The van der Waals surface area contributed by atoms with Crippen LogP contribution in [0.25, 0.3) is 55.0 Å². The van der Waals surface area contributed by atoms with Gasteiger partial charge in [-0.2, -0.15) is 0 Å². The fourth-order valence-electron chi connectivity index (χ4n) is 5.42. The third kappa shape index (κ3) is 2.69. The Balaban J connectivity index is 1.69. The van der Waals surface area contributed by atoms with E-state index >= 15 is 0 Å². The molecule has 0 bridgehead atoms. The van der Waals surface area contributed by atoms with E-state index in [2.05, 4.69) is 132 Å². The molecule has 0 saturated carbocycles. The Bertz CT molecular complexity index is 1850. The van der Waals surface area contributed by atoms with Gasteiger partial charge in [0.2, 0.25) is 0 Å². The van der Waals surface area contributed by atoms with Crippen LogP contribution in [0, 0.1) is 13.8 Å². The lowest BCUT2D eigenvalue weighted by molar-refractivity contribution is 1.16. The Labute approximate surface area is 198 Å². The van der Waals surface area contributed by atoms with Gasteiger partial charge in [0, 0.05) is 32.9 Å². The van der Waals surface area contributed by atoms with Gasteiger partial charge in [-0.3, -0.25) is 0 Å². The van der Waals surface area contributed by atoms with Crippen molar-refractivity contribution in [2.45, 2.75) is 13.8 Å². The Kier molecular flexibility index (Phi) is 4.01. The van der Waals surface area contributed by atoms with E-state index in [1.807, 2.05) is 0 Å². The highest BCUT2D eigenvalue weighted by molar-refractivity contribution is 6.19. The third-order valence-electron chi connectivity index (χ3n) is 7.02. The minimum Gasteiger partial charge on any atom is -0.309 e. The molecule has 5 aromatic carbocycles. The van der Waals surface area contributed by atoms with Gasteiger partial charge < -0.3 is 9.13 Å². The van der Waals surface area contributed by atoms with E-state index in [0.29, 0.717) is 0 Å². The first-order chi connectivity index (χ1) is 16.7. The second-order valence-electron chi connectivity index (χ2n) is 9.27. The fourth-order valence-corrected chi connectivity index (χ4v) is 5.42. The second-order valence-corrected chi connectivity index (χ2v) is 9.27. The zero-order valence-corrected chi connectivity index (χ0v) is 19.3. The predicted molar refractivity (Wildman–Crippen MR) is 145 cm³/mol. The first kappa shape index (κ1) is 19.2. The molecule has 2 aromatic heterocycles. The molecule has 0 saturated heterocycles. The van der Waals surface area contributed by atoms with Crippen LogP contribution < -0.4 is 0 Å². The lowest BCUT2D eigenvalue weighted by Gasteiger charge is -2.10. The zero-order chi connectivity index (χ0) is 22.8. The summed E-state index contributed by atoms with van der Waals surface area (Å²) in [6.07, 6.45) is 0. The summed E-state index contributed by atoms with van der Waals surface area (Å²) in [6, 6.07) is 39.8. The molecular formula is C32H24N2. The number of nitrogens with zero attached hydrogens (tertiary/aromatic N) is 2. The van der Waals surface area contributed by atoms with Gasteiger partial charge in [-0.25, -0.2) is 0 Å². The minimum absolute atomic E-state index is 1.18. The quantitative estimate of drug-likeness (QED) is 0.257. The maximum Gasteiger partial charge on any atom is 0.0562 e. The number of aryl methyl sites for hydroxylation is 2. The summed E-state index contributed by atoms with van der Waals surface area (Å²) in [5.74, 6) is 0. The lowest BCUT2D eigenvalue weighted by Crippen LogP contribution is -1.95. The predicted octanol–water partition coefficient (Wildman–Crippen LogP) is 8.50. The monoisotopic (exact) mass is 436 g/mol. The molecule has 2 heteroatoms. The van der Waals surface area contributed by atoms with Crippen LogP contribution in [0.4, 0.5) is 0 Å². The molecule has 7 aromatic rings. The third-order valence-corrected chi connectivity index (χ3v) is 7.02. The Hall–Kier alpha value is -4.30.